The summed E-state index contributed by atoms with van der Waals surface area (Å²) >= 11 is 0. The summed E-state index contributed by atoms with van der Waals surface area (Å²) in [5, 5.41) is 9.07. The number of hydrogen-bond acceptors (Lipinski definition) is 5. The number of carboxylic acids is 1. The van der Waals surface area contributed by atoms with Crippen molar-refractivity contribution in [1.82, 2.24) is 4.98 Å². The molecule has 0 saturated heterocycles. The van der Waals surface area contributed by atoms with Crippen molar-refractivity contribution in [3.05, 3.63) is 53.2 Å². The summed E-state index contributed by atoms with van der Waals surface area (Å²) in [5.41, 5.74) is 2.17. The van der Waals surface area contributed by atoms with Crippen molar-refractivity contribution in [2.75, 3.05) is 24.2 Å². The molecule has 7 heteroatoms. The summed E-state index contributed by atoms with van der Waals surface area (Å²) in [6.07, 6.45) is 2.66. The number of fused-ring (bicyclic) bond motifs is 1. The summed E-state index contributed by atoms with van der Waals surface area (Å²) < 4.78 is 23.4. The minimum absolute atomic E-state index is 0.0219. The zero-order chi connectivity index (χ0) is 17.3. The van der Waals surface area contributed by atoms with Gasteiger partial charge in [-0.1, -0.05) is 12.1 Å². The number of hydrogen-bond donors (Lipinski definition) is 1. The van der Waals surface area contributed by atoms with Crippen LogP contribution in [0.1, 0.15) is 21.6 Å². The number of carbonyl (C=O) groups is 1. The molecule has 1 aromatic carbocycles. The average Bonchev–Trinajstić information content (AvgIpc) is 2.76. The number of rotatable bonds is 3. The molecule has 126 valence electrons. The Bertz CT molecular complexity index is 893. The fourth-order valence-electron chi connectivity index (χ4n) is 2.88. The minimum Gasteiger partial charge on any atom is -0.477 e. The van der Waals surface area contributed by atoms with Crippen LogP contribution in [0.4, 0.5) is 5.82 Å². The van der Waals surface area contributed by atoms with Crippen molar-refractivity contribution in [3.8, 4) is 0 Å². The zero-order valence-corrected chi connectivity index (χ0v) is 14.1. The molecule has 0 bridgehead atoms. The highest BCUT2D eigenvalue weighted by atomic mass is 32.2. The van der Waals surface area contributed by atoms with E-state index in [0.717, 1.165) is 17.5 Å². The number of anilines is 1. The predicted molar refractivity (Wildman–Crippen MR) is 90.4 cm³/mol. The molecule has 6 nitrogen and oxygen atoms in total. The largest absolute Gasteiger partial charge is 0.477 e. The van der Waals surface area contributed by atoms with Crippen molar-refractivity contribution in [1.29, 1.82) is 0 Å². The Labute approximate surface area is 140 Å². The highest BCUT2D eigenvalue weighted by Crippen LogP contribution is 2.23. The molecule has 3 rings (SSSR count). The van der Waals surface area contributed by atoms with Crippen LogP contribution in [0.5, 0.6) is 0 Å². The number of nitrogens with zero attached hydrogens (tertiary/aromatic N) is 2. The van der Waals surface area contributed by atoms with Gasteiger partial charge in [0, 0.05) is 19.3 Å². The highest BCUT2D eigenvalue weighted by Gasteiger charge is 2.18. The van der Waals surface area contributed by atoms with Crippen molar-refractivity contribution in [2.24, 2.45) is 0 Å². The lowest BCUT2D eigenvalue weighted by atomic mass is 10.0. The lowest BCUT2D eigenvalue weighted by Gasteiger charge is -2.21. The maximum absolute atomic E-state index is 11.7. The summed E-state index contributed by atoms with van der Waals surface area (Å²) in [4.78, 5) is 17.6. The lowest BCUT2D eigenvalue weighted by Crippen LogP contribution is -2.27. The molecule has 1 aromatic heterocycles. The Balaban J connectivity index is 1.86. The highest BCUT2D eigenvalue weighted by molar-refractivity contribution is 7.90. The van der Waals surface area contributed by atoms with E-state index in [0.29, 0.717) is 30.2 Å². The molecule has 0 unspecified atom stereocenters. The Morgan fingerprint density at radius 1 is 1.12 bits per heavy atom. The summed E-state index contributed by atoms with van der Waals surface area (Å²) in [6, 6.07) is 10.2. The minimum atomic E-state index is -3.22. The number of aromatic nitrogens is 1. The first-order valence-corrected chi connectivity index (χ1v) is 9.51. The SMILES string of the molecule is CS(=O)(=O)c1ccc2c(c1)CCN(c1cccc(C(=O)O)n1)CC2. The molecule has 1 N–H and O–H groups in total. The number of benzene rings is 1. The third kappa shape index (κ3) is 3.41. The van der Waals surface area contributed by atoms with Gasteiger partial charge in [0.1, 0.15) is 5.82 Å². The van der Waals surface area contributed by atoms with Gasteiger partial charge in [0.2, 0.25) is 0 Å². The average molecular weight is 346 g/mol. The van der Waals surface area contributed by atoms with E-state index in [9.17, 15) is 13.2 Å². The van der Waals surface area contributed by atoms with Crippen molar-refractivity contribution < 1.29 is 18.3 Å². The van der Waals surface area contributed by atoms with Crippen molar-refractivity contribution >= 4 is 21.6 Å². The van der Waals surface area contributed by atoms with Crippen LogP contribution >= 0.6 is 0 Å². The Morgan fingerprint density at radius 3 is 2.50 bits per heavy atom. The molecule has 1 aliphatic rings. The molecular formula is C17H18N2O4S. The van der Waals surface area contributed by atoms with Gasteiger partial charge >= 0.3 is 5.97 Å². The Kier molecular flexibility index (Phi) is 4.28. The van der Waals surface area contributed by atoms with Crippen LogP contribution in [0.15, 0.2) is 41.3 Å². The molecule has 0 saturated carbocycles. The van der Waals surface area contributed by atoms with E-state index < -0.39 is 15.8 Å². The quantitative estimate of drug-likeness (QED) is 0.912. The van der Waals surface area contributed by atoms with Gasteiger partial charge in [-0.15, -0.1) is 0 Å². The Morgan fingerprint density at radius 2 is 1.83 bits per heavy atom. The topological polar surface area (TPSA) is 87.6 Å². The third-order valence-corrected chi connectivity index (χ3v) is 5.30. The predicted octanol–water partition coefficient (Wildman–Crippen LogP) is 1.79. The lowest BCUT2D eigenvalue weighted by molar-refractivity contribution is 0.0690. The van der Waals surface area contributed by atoms with Crippen LogP contribution in [0.25, 0.3) is 0 Å². The van der Waals surface area contributed by atoms with E-state index in [4.69, 9.17) is 5.11 Å². The van der Waals surface area contributed by atoms with E-state index >= 15 is 0 Å². The van der Waals surface area contributed by atoms with E-state index in [1.807, 2.05) is 11.0 Å². The second-order valence-electron chi connectivity index (χ2n) is 5.88. The van der Waals surface area contributed by atoms with Gasteiger partial charge in [0.05, 0.1) is 4.90 Å². The Hall–Kier alpha value is -2.41. The van der Waals surface area contributed by atoms with Crippen LogP contribution < -0.4 is 4.90 Å². The third-order valence-electron chi connectivity index (χ3n) is 4.19. The van der Waals surface area contributed by atoms with Crippen LogP contribution in [0.2, 0.25) is 0 Å². The van der Waals surface area contributed by atoms with Gasteiger partial charge < -0.3 is 10.0 Å². The van der Waals surface area contributed by atoms with E-state index in [-0.39, 0.29) is 5.69 Å². The van der Waals surface area contributed by atoms with Crippen LogP contribution in [-0.4, -0.2) is 43.8 Å². The molecule has 2 heterocycles. The first-order chi connectivity index (χ1) is 11.3. The van der Waals surface area contributed by atoms with Gasteiger partial charge in [0.25, 0.3) is 0 Å². The first-order valence-electron chi connectivity index (χ1n) is 7.62. The van der Waals surface area contributed by atoms with Gasteiger partial charge in [-0.25, -0.2) is 18.2 Å². The molecule has 1 aliphatic heterocycles. The van der Waals surface area contributed by atoms with Gasteiger partial charge in [0.15, 0.2) is 15.5 Å². The molecule has 0 fully saturated rings. The number of aromatic carboxylic acids is 1. The maximum Gasteiger partial charge on any atom is 0.354 e. The molecule has 0 spiro atoms. The fraction of sp³-hybridized carbons (Fsp3) is 0.294. The van der Waals surface area contributed by atoms with Gasteiger partial charge in [-0.2, -0.15) is 0 Å². The number of pyridine rings is 1. The molecule has 2 aromatic rings. The summed E-state index contributed by atoms with van der Waals surface area (Å²) in [6.45, 7) is 1.37. The standard InChI is InChI=1S/C17H18N2O4S/c1-24(22,23)14-6-5-12-7-9-19(10-8-13(12)11-14)16-4-2-3-15(18-16)17(20)21/h2-6,11H,7-10H2,1H3,(H,20,21). The summed E-state index contributed by atoms with van der Waals surface area (Å²) in [5.74, 6) is -0.418. The summed E-state index contributed by atoms with van der Waals surface area (Å²) in [7, 11) is -3.22. The van der Waals surface area contributed by atoms with E-state index in [1.54, 1.807) is 24.3 Å². The van der Waals surface area contributed by atoms with Crippen LogP contribution in [-0.2, 0) is 22.7 Å². The van der Waals surface area contributed by atoms with Gasteiger partial charge in [-0.3, -0.25) is 0 Å². The number of carboxylic acid groups (broad SMARTS) is 1. The molecule has 0 aliphatic carbocycles. The van der Waals surface area contributed by atoms with Crippen molar-refractivity contribution in [2.45, 2.75) is 17.7 Å². The smallest absolute Gasteiger partial charge is 0.354 e. The second kappa shape index (κ2) is 6.24. The second-order valence-corrected chi connectivity index (χ2v) is 7.89. The van der Waals surface area contributed by atoms with E-state index in [1.165, 1.54) is 12.3 Å². The molecule has 24 heavy (non-hydrogen) atoms. The van der Waals surface area contributed by atoms with Crippen LogP contribution in [0, 0.1) is 0 Å². The zero-order valence-electron chi connectivity index (χ0n) is 13.3. The molecule has 0 atom stereocenters. The first kappa shape index (κ1) is 16.4. The van der Waals surface area contributed by atoms with E-state index in [2.05, 4.69) is 4.98 Å². The van der Waals surface area contributed by atoms with Gasteiger partial charge in [-0.05, 0) is 48.2 Å². The monoisotopic (exact) mass is 346 g/mol. The number of sulfone groups is 1. The maximum atomic E-state index is 11.7. The normalized spacial score (nSPS) is 14.8. The van der Waals surface area contributed by atoms with Crippen LogP contribution in [0.3, 0.4) is 0 Å². The van der Waals surface area contributed by atoms with Crippen molar-refractivity contribution in [3.63, 3.8) is 0 Å². The fourth-order valence-corrected chi connectivity index (χ4v) is 3.55. The molecular weight excluding hydrogens is 328 g/mol. The molecule has 0 radical (unpaired) electrons. The molecule has 0 amide bonds.